The molecule has 0 heterocycles. The predicted molar refractivity (Wildman–Crippen MR) is 136 cm³/mol. The van der Waals surface area contributed by atoms with Gasteiger partial charge in [-0.3, -0.25) is 4.79 Å². The molecule has 34 heavy (non-hydrogen) atoms. The standard InChI is InChI=1S/C29H25NO3S/c1-22-17-19-26(20-18-22)34(32,33)30-28(24-13-7-3-8-14-24)27(21-23-11-5-2-6-12-23)29(31)25-15-9-4-10-16-25/h2-21,28,30H,1H3/b27-21-/t28-/m1/s1. The van der Waals surface area contributed by atoms with Gasteiger partial charge in [-0.15, -0.1) is 0 Å². The Kier molecular flexibility index (Phi) is 7.16. The van der Waals surface area contributed by atoms with Crippen molar-refractivity contribution in [2.75, 3.05) is 0 Å². The predicted octanol–water partition coefficient (Wildman–Crippen LogP) is 5.98. The minimum atomic E-state index is -3.92. The van der Waals surface area contributed by atoms with Crippen molar-refractivity contribution in [2.24, 2.45) is 0 Å². The fourth-order valence-electron chi connectivity index (χ4n) is 3.66. The monoisotopic (exact) mass is 467 g/mol. The van der Waals surface area contributed by atoms with Crippen LogP contribution in [-0.4, -0.2) is 14.2 Å². The summed E-state index contributed by atoms with van der Waals surface area (Å²) in [6.45, 7) is 1.90. The fraction of sp³-hybridized carbons (Fsp3) is 0.0690. The normalized spacial score (nSPS) is 12.8. The van der Waals surface area contributed by atoms with Crippen LogP contribution in [0.4, 0.5) is 0 Å². The molecule has 4 nitrogen and oxygen atoms in total. The molecule has 0 bridgehead atoms. The Labute approximate surface area is 200 Å². The average Bonchev–Trinajstić information content (AvgIpc) is 2.87. The lowest BCUT2D eigenvalue weighted by molar-refractivity contribution is 0.102. The van der Waals surface area contributed by atoms with Crippen LogP contribution in [0, 0.1) is 6.92 Å². The molecule has 0 amide bonds. The van der Waals surface area contributed by atoms with E-state index in [1.165, 1.54) is 0 Å². The first-order valence-electron chi connectivity index (χ1n) is 10.9. The van der Waals surface area contributed by atoms with Gasteiger partial charge in [-0.25, -0.2) is 8.42 Å². The number of hydrogen-bond donors (Lipinski definition) is 1. The summed E-state index contributed by atoms with van der Waals surface area (Å²) in [5.41, 5.74) is 3.25. The third-order valence-corrected chi connectivity index (χ3v) is 6.91. The maximum Gasteiger partial charge on any atom is 0.241 e. The first kappa shape index (κ1) is 23.4. The molecule has 0 fully saturated rings. The molecule has 0 saturated heterocycles. The van der Waals surface area contributed by atoms with Crippen LogP contribution in [0.15, 0.2) is 126 Å². The third-order valence-electron chi connectivity index (χ3n) is 5.47. The van der Waals surface area contributed by atoms with Crippen LogP contribution < -0.4 is 4.72 Å². The van der Waals surface area contributed by atoms with Gasteiger partial charge in [0.1, 0.15) is 0 Å². The van der Waals surface area contributed by atoms with Crippen molar-refractivity contribution >= 4 is 21.9 Å². The molecule has 4 aromatic rings. The summed E-state index contributed by atoms with van der Waals surface area (Å²) in [7, 11) is -3.92. The second kappa shape index (κ2) is 10.4. The molecule has 170 valence electrons. The van der Waals surface area contributed by atoms with Crippen molar-refractivity contribution in [3.8, 4) is 0 Å². The fourth-order valence-corrected chi connectivity index (χ4v) is 4.87. The number of carbonyl (C=O) groups is 1. The number of sulfonamides is 1. The van der Waals surface area contributed by atoms with E-state index in [4.69, 9.17) is 0 Å². The molecule has 1 atom stereocenters. The number of Topliss-reactive ketones (excluding diaryl/α,β-unsaturated/α-hetero) is 1. The Morgan fingerprint density at radius 2 is 1.26 bits per heavy atom. The summed E-state index contributed by atoms with van der Waals surface area (Å²) < 4.78 is 29.6. The van der Waals surface area contributed by atoms with E-state index in [1.807, 2.05) is 73.7 Å². The van der Waals surface area contributed by atoms with Gasteiger partial charge in [-0.1, -0.05) is 109 Å². The SMILES string of the molecule is Cc1ccc(S(=O)(=O)N[C@@H](/C(=C/c2ccccc2)C(=O)c2ccccc2)c2ccccc2)cc1. The quantitative estimate of drug-likeness (QED) is 0.256. The smallest absolute Gasteiger partial charge is 0.241 e. The molecule has 0 aromatic heterocycles. The number of aryl methyl sites for hydroxylation is 1. The highest BCUT2D eigenvalue weighted by molar-refractivity contribution is 7.89. The molecule has 1 N–H and O–H groups in total. The van der Waals surface area contributed by atoms with Crippen molar-refractivity contribution < 1.29 is 13.2 Å². The topological polar surface area (TPSA) is 63.2 Å². The molecular weight excluding hydrogens is 442 g/mol. The highest BCUT2D eigenvalue weighted by atomic mass is 32.2. The lowest BCUT2D eigenvalue weighted by atomic mass is 9.91. The van der Waals surface area contributed by atoms with Crippen molar-refractivity contribution in [3.05, 3.63) is 143 Å². The first-order valence-corrected chi connectivity index (χ1v) is 12.4. The van der Waals surface area contributed by atoms with Crippen LogP contribution in [-0.2, 0) is 10.0 Å². The van der Waals surface area contributed by atoms with E-state index in [1.54, 1.807) is 54.6 Å². The van der Waals surface area contributed by atoms with E-state index in [-0.39, 0.29) is 10.7 Å². The average molecular weight is 468 g/mol. The highest BCUT2D eigenvalue weighted by Crippen LogP contribution is 2.29. The molecule has 0 spiro atoms. The summed E-state index contributed by atoms with van der Waals surface area (Å²) >= 11 is 0. The minimum Gasteiger partial charge on any atom is -0.289 e. The molecule has 0 aliphatic heterocycles. The van der Waals surface area contributed by atoms with Crippen molar-refractivity contribution in [3.63, 3.8) is 0 Å². The van der Waals surface area contributed by atoms with Crippen LogP contribution in [0.2, 0.25) is 0 Å². The zero-order valence-electron chi connectivity index (χ0n) is 18.8. The molecule has 4 rings (SSSR count). The summed E-state index contributed by atoms with van der Waals surface area (Å²) in [4.78, 5) is 13.9. The van der Waals surface area contributed by atoms with Gasteiger partial charge in [0.25, 0.3) is 0 Å². The number of carbonyl (C=O) groups excluding carboxylic acids is 1. The molecule has 0 aliphatic carbocycles. The Balaban J connectivity index is 1.86. The number of hydrogen-bond acceptors (Lipinski definition) is 3. The summed E-state index contributed by atoms with van der Waals surface area (Å²) in [6, 6.07) is 33.2. The zero-order valence-corrected chi connectivity index (χ0v) is 19.6. The Morgan fingerprint density at radius 3 is 1.85 bits per heavy atom. The van der Waals surface area contributed by atoms with E-state index in [9.17, 15) is 13.2 Å². The van der Waals surface area contributed by atoms with Crippen molar-refractivity contribution in [2.45, 2.75) is 17.9 Å². The lowest BCUT2D eigenvalue weighted by Crippen LogP contribution is -2.32. The molecule has 4 aromatic carbocycles. The number of benzene rings is 4. The second-order valence-electron chi connectivity index (χ2n) is 7.98. The minimum absolute atomic E-state index is 0.144. The molecule has 0 unspecified atom stereocenters. The Morgan fingerprint density at radius 1 is 0.735 bits per heavy atom. The highest BCUT2D eigenvalue weighted by Gasteiger charge is 2.29. The van der Waals surface area contributed by atoms with Gasteiger partial charge in [-0.2, -0.15) is 4.72 Å². The molecule has 0 saturated carbocycles. The summed E-state index contributed by atoms with van der Waals surface area (Å²) in [5.74, 6) is -0.245. The van der Waals surface area contributed by atoms with E-state index in [0.717, 1.165) is 11.1 Å². The van der Waals surface area contributed by atoms with Gasteiger partial charge in [0.2, 0.25) is 10.0 Å². The van der Waals surface area contributed by atoms with E-state index >= 15 is 0 Å². The largest absolute Gasteiger partial charge is 0.289 e. The van der Waals surface area contributed by atoms with Gasteiger partial charge >= 0.3 is 0 Å². The number of ketones is 1. The maximum absolute atomic E-state index is 13.7. The zero-order chi connectivity index (χ0) is 24.0. The van der Waals surface area contributed by atoms with E-state index < -0.39 is 16.1 Å². The van der Waals surface area contributed by atoms with E-state index in [2.05, 4.69) is 4.72 Å². The van der Waals surface area contributed by atoms with Crippen molar-refractivity contribution in [1.29, 1.82) is 0 Å². The maximum atomic E-state index is 13.7. The molecule has 0 radical (unpaired) electrons. The summed E-state index contributed by atoms with van der Waals surface area (Å²) in [6.07, 6.45) is 1.75. The van der Waals surface area contributed by atoms with Crippen LogP contribution in [0.1, 0.15) is 33.1 Å². The molecular formula is C29H25NO3S. The molecule has 0 aliphatic rings. The van der Waals surface area contributed by atoms with Crippen LogP contribution >= 0.6 is 0 Å². The van der Waals surface area contributed by atoms with Gasteiger partial charge in [-0.05, 0) is 36.3 Å². The second-order valence-corrected chi connectivity index (χ2v) is 9.70. The van der Waals surface area contributed by atoms with Gasteiger partial charge in [0, 0.05) is 11.1 Å². The van der Waals surface area contributed by atoms with Gasteiger partial charge in [0.15, 0.2) is 5.78 Å². The number of nitrogens with one attached hydrogen (secondary N) is 1. The Bertz CT molecular complexity index is 1380. The van der Waals surface area contributed by atoms with Gasteiger partial charge in [0.05, 0.1) is 10.9 Å². The van der Waals surface area contributed by atoms with Crippen LogP contribution in [0.5, 0.6) is 0 Å². The first-order chi connectivity index (χ1) is 16.4. The van der Waals surface area contributed by atoms with Gasteiger partial charge < -0.3 is 0 Å². The molecule has 5 heteroatoms. The number of rotatable bonds is 8. The van der Waals surface area contributed by atoms with Crippen LogP contribution in [0.25, 0.3) is 6.08 Å². The third kappa shape index (κ3) is 5.57. The summed E-state index contributed by atoms with van der Waals surface area (Å²) in [5, 5.41) is 0. The van der Waals surface area contributed by atoms with E-state index in [0.29, 0.717) is 16.7 Å². The van der Waals surface area contributed by atoms with Crippen LogP contribution in [0.3, 0.4) is 0 Å². The lowest BCUT2D eigenvalue weighted by Gasteiger charge is -2.22. The Hall–Kier alpha value is -3.80. The van der Waals surface area contributed by atoms with Crippen molar-refractivity contribution in [1.82, 2.24) is 4.72 Å².